The quantitative estimate of drug-likeness (QED) is 0.535. The summed E-state index contributed by atoms with van der Waals surface area (Å²) in [6, 6.07) is 8.18. The second-order valence-corrected chi connectivity index (χ2v) is 7.23. The minimum absolute atomic E-state index is 0.0675. The molecule has 0 saturated heterocycles. The molecular formula is C21H22FN5O. The van der Waals surface area contributed by atoms with Crippen LogP contribution in [-0.4, -0.2) is 44.7 Å². The van der Waals surface area contributed by atoms with Crippen LogP contribution in [0.4, 0.5) is 4.39 Å². The molecule has 0 aliphatic heterocycles. The third-order valence-corrected chi connectivity index (χ3v) is 4.90. The molecule has 4 aromatic rings. The fourth-order valence-electron chi connectivity index (χ4n) is 3.50. The molecule has 0 atom stereocenters. The van der Waals surface area contributed by atoms with Crippen molar-refractivity contribution in [1.29, 1.82) is 0 Å². The molecule has 0 saturated carbocycles. The number of nitrogens with zero attached hydrogens (tertiary/aromatic N) is 5. The second kappa shape index (κ2) is 7.16. The van der Waals surface area contributed by atoms with Crippen LogP contribution in [0.5, 0.6) is 0 Å². The number of halogens is 1. The lowest BCUT2D eigenvalue weighted by atomic mass is 10.1. The van der Waals surface area contributed by atoms with Crippen LogP contribution in [0.1, 0.15) is 12.1 Å². The van der Waals surface area contributed by atoms with E-state index in [1.54, 1.807) is 27.4 Å². The highest BCUT2D eigenvalue weighted by atomic mass is 19.1. The van der Waals surface area contributed by atoms with Crippen LogP contribution >= 0.6 is 0 Å². The van der Waals surface area contributed by atoms with Gasteiger partial charge in [-0.2, -0.15) is 5.10 Å². The SMILES string of the molecule is Cc1nn2c(ncc3c(=O)n(CCCN(C)C)ccc32)c1-c1ccc(F)cc1. The minimum atomic E-state index is -0.286. The fraction of sp³-hybridized carbons (Fsp3) is 0.286. The third-order valence-electron chi connectivity index (χ3n) is 4.90. The summed E-state index contributed by atoms with van der Waals surface area (Å²) in [6.45, 7) is 3.47. The van der Waals surface area contributed by atoms with Gasteiger partial charge in [-0.1, -0.05) is 12.1 Å². The lowest BCUT2D eigenvalue weighted by molar-refractivity contribution is 0.385. The first-order chi connectivity index (χ1) is 13.5. The molecule has 4 rings (SSSR count). The summed E-state index contributed by atoms with van der Waals surface area (Å²) in [5, 5.41) is 5.14. The van der Waals surface area contributed by atoms with Crippen molar-refractivity contribution in [3.05, 3.63) is 64.6 Å². The average molecular weight is 379 g/mol. The Labute approximate surface area is 161 Å². The lowest BCUT2D eigenvalue weighted by Gasteiger charge is -2.11. The Kier molecular flexibility index (Phi) is 4.68. The predicted octanol–water partition coefficient (Wildman–Crippen LogP) is 3.11. The number of hydrogen-bond acceptors (Lipinski definition) is 4. The maximum absolute atomic E-state index is 13.3. The van der Waals surface area contributed by atoms with Crippen LogP contribution in [0.2, 0.25) is 0 Å². The molecule has 144 valence electrons. The van der Waals surface area contributed by atoms with Gasteiger partial charge in [0.15, 0.2) is 5.65 Å². The van der Waals surface area contributed by atoms with Crippen LogP contribution in [0, 0.1) is 12.7 Å². The highest BCUT2D eigenvalue weighted by Gasteiger charge is 2.16. The van der Waals surface area contributed by atoms with Crippen molar-refractivity contribution in [3.63, 3.8) is 0 Å². The van der Waals surface area contributed by atoms with E-state index in [0.29, 0.717) is 17.6 Å². The standard InChI is InChI=1S/C21H22FN5O/c1-14-19(15-5-7-16(22)8-6-15)20-23-13-17-18(27(20)24-14)9-12-26(21(17)28)11-4-10-25(2)3/h5-9,12-13H,4,10-11H2,1-3H3. The summed E-state index contributed by atoms with van der Waals surface area (Å²) in [5.74, 6) is -0.286. The summed E-state index contributed by atoms with van der Waals surface area (Å²) >= 11 is 0. The fourth-order valence-corrected chi connectivity index (χ4v) is 3.50. The van der Waals surface area contributed by atoms with Gasteiger partial charge in [-0.25, -0.2) is 13.9 Å². The largest absolute Gasteiger partial charge is 0.315 e. The van der Waals surface area contributed by atoms with E-state index in [2.05, 4.69) is 15.0 Å². The second-order valence-electron chi connectivity index (χ2n) is 7.23. The van der Waals surface area contributed by atoms with Crippen LogP contribution in [-0.2, 0) is 6.54 Å². The number of aryl methyl sites for hydroxylation is 2. The molecule has 0 aliphatic rings. The van der Waals surface area contributed by atoms with Gasteiger partial charge in [-0.15, -0.1) is 0 Å². The molecule has 0 unspecified atom stereocenters. The van der Waals surface area contributed by atoms with Crippen LogP contribution in [0.25, 0.3) is 27.7 Å². The van der Waals surface area contributed by atoms with Crippen LogP contribution in [0.15, 0.2) is 47.5 Å². The molecular weight excluding hydrogens is 357 g/mol. The summed E-state index contributed by atoms with van der Waals surface area (Å²) in [4.78, 5) is 19.5. The Hall–Kier alpha value is -3.06. The Bertz CT molecular complexity index is 1210. The third kappa shape index (κ3) is 3.18. The number of rotatable bonds is 5. The van der Waals surface area contributed by atoms with Crippen molar-refractivity contribution < 1.29 is 4.39 Å². The summed E-state index contributed by atoms with van der Waals surface area (Å²) < 4.78 is 16.7. The molecule has 0 aliphatic carbocycles. The Morgan fingerprint density at radius 3 is 2.61 bits per heavy atom. The molecule has 1 aromatic carbocycles. The van der Waals surface area contributed by atoms with E-state index in [1.165, 1.54) is 12.1 Å². The van der Waals surface area contributed by atoms with E-state index < -0.39 is 0 Å². The van der Waals surface area contributed by atoms with Crippen molar-refractivity contribution >= 4 is 16.6 Å². The van der Waals surface area contributed by atoms with E-state index >= 15 is 0 Å². The van der Waals surface area contributed by atoms with Gasteiger partial charge in [-0.05, 0) is 57.7 Å². The molecule has 0 N–H and O–H groups in total. The van der Waals surface area contributed by atoms with Gasteiger partial charge in [-0.3, -0.25) is 4.79 Å². The van der Waals surface area contributed by atoms with Gasteiger partial charge in [0.05, 0.1) is 16.6 Å². The van der Waals surface area contributed by atoms with Crippen molar-refractivity contribution in [1.82, 2.24) is 24.1 Å². The van der Waals surface area contributed by atoms with Gasteiger partial charge in [0, 0.05) is 24.5 Å². The maximum Gasteiger partial charge on any atom is 0.261 e. The first kappa shape index (κ1) is 18.3. The van der Waals surface area contributed by atoms with Crippen molar-refractivity contribution in [3.8, 4) is 11.1 Å². The van der Waals surface area contributed by atoms with Crippen LogP contribution < -0.4 is 5.56 Å². The molecule has 6 nitrogen and oxygen atoms in total. The number of aromatic nitrogens is 4. The number of fused-ring (bicyclic) bond motifs is 3. The maximum atomic E-state index is 13.3. The summed E-state index contributed by atoms with van der Waals surface area (Å²) in [7, 11) is 4.03. The molecule has 0 spiro atoms. The smallest absolute Gasteiger partial charge is 0.261 e. The van der Waals surface area contributed by atoms with Crippen LogP contribution in [0.3, 0.4) is 0 Å². The number of benzene rings is 1. The van der Waals surface area contributed by atoms with E-state index in [-0.39, 0.29) is 11.4 Å². The lowest BCUT2D eigenvalue weighted by Crippen LogP contribution is -2.23. The van der Waals surface area contributed by atoms with Gasteiger partial charge in [0.2, 0.25) is 0 Å². The minimum Gasteiger partial charge on any atom is -0.315 e. The highest BCUT2D eigenvalue weighted by molar-refractivity contribution is 5.86. The molecule has 3 aromatic heterocycles. The topological polar surface area (TPSA) is 55.4 Å². The normalized spacial score (nSPS) is 11.8. The van der Waals surface area contributed by atoms with E-state index in [4.69, 9.17) is 0 Å². The molecule has 28 heavy (non-hydrogen) atoms. The zero-order valence-electron chi connectivity index (χ0n) is 16.2. The first-order valence-corrected chi connectivity index (χ1v) is 9.24. The molecule has 7 heteroatoms. The molecule has 0 fully saturated rings. The zero-order chi connectivity index (χ0) is 19.8. The van der Waals surface area contributed by atoms with E-state index in [1.807, 2.05) is 33.3 Å². The first-order valence-electron chi connectivity index (χ1n) is 9.24. The Morgan fingerprint density at radius 2 is 1.89 bits per heavy atom. The summed E-state index contributed by atoms with van der Waals surface area (Å²) in [6.07, 6.45) is 4.32. The van der Waals surface area contributed by atoms with Gasteiger partial charge in [0.1, 0.15) is 5.82 Å². The van der Waals surface area contributed by atoms with Gasteiger partial charge in [0.25, 0.3) is 5.56 Å². The number of hydrogen-bond donors (Lipinski definition) is 0. The zero-order valence-corrected chi connectivity index (χ0v) is 16.2. The monoisotopic (exact) mass is 379 g/mol. The molecule has 0 radical (unpaired) electrons. The summed E-state index contributed by atoms with van der Waals surface area (Å²) in [5.41, 5.74) is 3.77. The van der Waals surface area contributed by atoms with Crippen molar-refractivity contribution in [2.75, 3.05) is 20.6 Å². The van der Waals surface area contributed by atoms with E-state index in [9.17, 15) is 9.18 Å². The van der Waals surface area contributed by atoms with Gasteiger partial charge >= 0.3 is 0 Å². The van der Waals surface area contributed by atoms with Crippen molar-refractivity contribution in [2.24, 2.45) is 0 Å². The van der Waals surface area contributed by atoms with Gasteiger partial charge < -0.3 is 9.47 Å². The molecule has 3 heterocycles. The Morgan fingerprint density at radius 1 is 1.14 bits per heavy atom. The highest BCUT2D eigenvalue weighted by Crippen LogP contribution is 2.28. The van der Waals surface area contributed by atoms with Crippen molar-refractivity contribution in [2.45, 2.75) is 19.9 Å². The average Bonchev–Trinajstić information content (AvgIpc) is 3.00. The van der Waals surface area contributed by atoms with E-state index in [0.717, 1.165) is 35.3 Å². The molecule has 0 bridgehead atoms. The number of pyridine rings is 1. The predicted molar refractivity (Wildman–Crippen MR) is 108 cm³/mol. The molecule has 0 amide bonds. The Balaban J connectivity index is 1.82.